The molecule has 5 heteroatoms. The zero-order valence-electron chi connectivity index (χ0n) is 12.7. The maximum absolute atomic E-state index is 14.0. The van der Waals surface area contributed by atoms with Crippen LogP contribution >= 0.6 is 0 Å². The quantitative estimate of drug-likeness (QED) is 0.802. The van der Waals surface area contributed by atoms with Gasteiger partial charge in [-0.2, -0.15) is 0 Å². The third kappa shape index (κ3) is 4.81. The van der Waals surface area contributed by atoms with Gasteiger partial charge in [-0.05, 0) is 32.0 Å². The third-order valence-corrected chi connectivity index (χ3v) is 2.85. The molecule has 4 nitrogen and oxygen atoms in total. The lowest BCUT2D eigenvalue weighted by molar-refractivity contribution is -0.120. The van der Waals surface area contributed by atoms with E-state index in [4.69, 9.17) is 0 Å². The second-order valence-corrected chi connectivity index (χ2v) is 5.11. The second-order valence-electron chi connectivity index (χ2n) is 5.11. The number of hydrogen-bond donors (Lipinski definition) is 2. The van der Waals surface area contributed by atoms with Gasteiger partial charge in [0.25, 0.3) is 0 Å². The Morgan fingerprint density at radius 3 is 2.70 bits per heavy atom. The Morgan fingerprint density at radius 1 is 1.40 bits per heavy atom. The molecule has 2 N–H and O–H groups in total. The van der Waals surface area contributed by atoms with E-state index in [0.717, 1.165) is 12.1 Å². The van der Waals surface area contributed by atoms with Crippen LogP contribution in [0.15, 0.2) is 18.2 Å². The summed E-state index contributed by atoms with van der Waals surface area (Å²) in [5.74, 6) is -0.416. The number of halogens is 1. The van der Waals surface area contributed by atoms with Crippen molar-refractivity contribution in [3.8, 4) is 0 Å². The molecule has 0 radical (unpaired) electrons. The first kappa shape index (κ1) is 16.4. The third-order valence-electron chi connectivity index (χ3n) is 2.85. The lowest BCUT2D eigenvalue weighted by atomic mass is 10.1. The molecule has 0 aliphatic carbocycles. The van der Waals surface area contributed by atoms with E-state index in [0.29, 0.717) is 12.2 Å². The second kappa shape index (κ2) is 7.85. The molecule has 0 saturated carbocycles. The number of para-hydroxylation sites is 1. The Bertz CT molecular complexity index is 449. The molecule has 0 heterocycles. The van der Waals surface area contributed by atoms with E-state index in [1.165, 1.54) is 6.07 Å². The number of carbonyl (C=O) groups is 1. The molecule has 112 valence electrons. The van der Waals surface area contributed by atoms with Crippen molar-refractivity contribution < 1.29 is 9.18 Å². The van der Waals surface area contributed by atoms with Gasteiger partial charge in [0.1, 0.15) is 5.82 Å². The summed E-state index contributed by atoms with van der Waals surface area (Å²) in [6, 6.07) is 5.06. The first-order valence-corrected chi connectivity index (χ1v) is 6.94. The van der Waals surface area contributed by atoms with Crippen LogP contribution in [0.2, 0.25) is 0 Å². The number of rotatable bonds is 7. The predicted octanol–water partition coefficient (Wildman–Crippen LogP) is 1.90. The number of anilines is 1. The van der Waals surface area contributed by atoms with Crippen molar-refractivity contribution in [3.05, 3.63) is 29.6 Å². The van der Waals surface area contributed by atoms with Crippen LogP contribution < -0.4 is 15.5 Å². The number of nitrogens with one attached hydrogen (secondary N) is 2. The number of amides is 1. The number of likely N-dealkylation sites (N-methyl/N-ethyl adjacent to an activating group) is 1. The maximum Gasteiger partial charge on any atom is 0.239 e. The standard InChI is InChI=1S/C15H24FN3O/c1-5-17-9-12-7-6-8-13(16)15(12)19(4)10-14(20)18-11(2)3/h6-8,11,17H,5,9-10H2,1-4H3,(H,18,20). The first-order chi connectivity index (χ1) is 9.45. The van der Waals surface area contributed by atoms with Gasteiger partial charge < -0.3 is 15.5 Å². The summed E-state index contributed by atoms with van der Waals surface area (Å²) >= 11 is 0. The van der Waals surface area contributed by atoms with E-state index in [9.17, 15) is 9.18 Å². The lowest BCUT2D eigenvalue weighted by Gasteiger charge is -2.23. The topological polar surface area (TPSA) is 44.4 Å². The van der Waals surface area contributed by atoms with Gasteiger partial charge in [-0.25, -0.2) is 4.39 Å². The van der Waals surface area contributed by atoms with Gasteiger partial charge in [-0.15, -0.1) is 0 Å². The van der Waals surface area contributed by atoms with Crippen LogP contribution in [0.1, 0.15) is 26.3 Å². The average molecular weight is 281 g/mol. The highest BCUT2D eigenvalue weighted by molar-refractivity contribution is 5.81. The van der Waals surface area contributed by atoms with Gasteiger partial charge >= 0.3 is 0 Å². The van der Waals surface area contributed by atoms with E-state index in [-0.39, 0.29) is 24.3 Å². The van der Waals surface area contributed by atoms with Gasteiger partial charge in [-0.1, -0.05) is 19.1 Å². The number of benzene rings is 1. The Morgan fingerprint density at radius 2 is 2.10 bits per heavy atom. The van der Waals surface area contributed by atoms with E-state index in [2.05, 4.69) is 10.6 Å². The first-order valence-electron chi connectivity index (χ1n) is 6.94. The Kier molecular flexibility index (Phi) is 6.45. The molecule has 0 aromatic heterocycles. The fourth-order valence-electron chi connectivity index (χ4n) is 2.05. The van der Waals surface area contributed by atoms with E-state index < -0.39 is 0 Å². The van der Waals surface area contributed by atoms with Crippen LogP contribution in [0.5, 0.6) is 0 Å². The van der Waals surface area contributed by atoms with Crippen molar-refractivity contribution in [2.24, 2.45) is 0 Å². The summed E-state index contributed by atoms with van der Waals surface area (Å²) in [6.45, 7) is 7.33. The van der Waals surface area contributed by atoms with Gasteiger partial charge in [-0.3, -0.25) is 4.79 Å². The zero-order chi connectivity index (χ0) is 15.1. The molecule has 1 rings (SSSR count). The summed E-state index contributed by atoms with van der Waals surface area (Å²) in [7, 11) is 1.73. The van der Waals surface area contributed by atoms with Crippen molar-refractivity contribution >= 4 is 11.6 Å². The molecule has 0 aliphatic rings. The monoisotopic (exact) mass is 281 g/mol. The Hall–Kier alpha value is -1.62. The average Bonchev–Trinajstić information content (AvgIpc) is 2.34. The molecule has 0 saturated heterocycles. The molecule has 0 aliphatic heterocycles. The molecular weight excluding hydrogens is 257 g/mol. The number of hydrogen-bond acceptors (Lipinski definition) is 3. The maximum atomic E-state index is 14.0. The molecule has 0 spiro atoms. The Balaban J connectivity index is 2.85. The molecular formula is C15H24FN3O. The molecule has 0 fully saturated rings. The highest BCUT2D eigenvalue weighted by Crippen LogP contribution is 2.23. The fraction of sp³-hybridized carbons (Fsp3) is 0.533. The number of nitrogens with zero attached hydrogens (tertiary/aromatic N) is 1. The van der Waals surface area contributed by atoms with E-state index in [1.54, 1.807) is 18.0 Å². The molecule has 1 amide bonds. The van der Waals surface area contributed by atoms with Crippen LogP contribution in [0, 0.1) is 5.82 Å². The van der Waals surface area contributed by atoms with Crippen LogP contribution in [-0.4, -0.2) is 32.1 Å². The summed E-state index contributed by atoms with van der Waals surface area (Å²) in [6.07, 6.45) is 0. The van der Waals surface area contributed by atoms with Crippen molar-refractivity contribution in [3.63, 3.8) is 0 Å². The molecule has 0 unspecified atom stereocenters. The van der Waals surface area contributed by atoms with Crippen LogP contribution in [0.3, 0.4) is 0 Å². The van der Waals surface area contributed by atoms with Crippen LogP contribution in [0.25, 0.3) is 0 Å². The minimum atomic E-state index is -0.305. The van der Waals surface area contributed by atoms with Crippen molar-refractivity contribution in [1.82, 2.24) is 10.6 Å². The van der Waals surface area contributed by atoms with E-state index >= 15 is 0 Å². The predicted molar refractivity (Wildman–Crippen MR) is 80.3 cm³/mol. The van der Waals surface area contributed by atoms with Crippen LogP contribution in [0.4, 0.5) is 10.1 Å². The Labute approximate surface area is 120 Å². The largest absolute Gasteiger partial charge is 0.363 e. The highest BCUT2D eigenvalue weighted by atomic mass is 19.1. The highest BCUT2D eigenvalue weighted by Gasteiger charge is 2.15. The number of carbonyl (C=O) groups excluding carboxylic acids is 1. The summed E-state index contributed by atoms with van der Waals surface area (Å²) in [5.41, 5.74) is 1.33. The lowest BCUT2D eigenvalue weighted by Crippen LogP contribution is -2.39. The van der Waals surface area contributed by atoms with Crippen molar-refractivity contribution in [2.45, 2.75) is 33.4 Å². The normalized spacial score (nSPS) is 10.7. The summed E-state index contributed by atoms with van der Waals surface area (Å²) in [4.78, 5) is 13.4. The van der Waals surface area contributed by atoms with Crippen LogP contribution in [-0.2, 0) is 11.3 Å². The van der Waals surface area contributed by atoms with Gasteiger partial charge in [0.05, 0.1) is 12.2 Å². The molecule has 1 aromatic rings. The SMILES string of the molecule is CCNCc1cccc(F)c1N(C)CC(=O)NC(C)C. The van der Waals surface area contributed by atoms with Gasteiger partial charge in [0.15, 0.2) is 0 Å². The summed E-state index contributed by atoms with van der Waals surface area (Å²) in [5, 5.41) is 5.99. The van der Waals surface area contributed by atoms with E-state index in [1.807, 2.05) is 26.8 Å². The summed E-state index contributed by atoms with van der Waals surface area (Å²) < 4.78 is 14.0. The smallest absolute Gasteiger partial charge is 0.239 e. The minimum Gasteiger partial charge on any atom is -0.363 e. The van der Waals surface area contributed by atoms with Crippen molar-refractivity contribution in [1.29, 1.82) is 0 Å². The molecule has 0 bridgehead atoms. The fourth-order valence-corrected chi connectivity index (χ4v) is 2.05. The minimum absolute atomic E-state index is 0.0812. The zero-order valence-corrected chi connectivity index (χ0v) is 12.7. The molecule has 0 atom stereocenters. The van der Waals surface area contributed by atoms with Gasteiger partial charge in [0, 0.05) is 19.6 Å². The molecule has 1 aromatic carbocycles. The van der Waals surface area contributed by atoms with Crippen molar-refractivity contribution in [2.75, 3.05) is 25.0 Å². The van der Waals surface area contributed by atoms with Gasteiger partial charge in [0.2, 0.25) is 5.91 Å². The molecule has 20 heavy (non-hydrogen) atoms.